The van der Waals surface area contributed by atoms with E-state index < -0.39 is 10.0 Å². The third-order valence-electron chi connectivity index (χ3n) is 5.05. The summed E-state index contributed by atoms with van der Waals surface area (Å²) in [6.07, 6.45) is 3.53. The number of sulfonamides is 1. The Morgan fingerprint density at radius 2 is 1.26 bits per heavy atom. The summed E-state index contributed by atoms with van der Waals surface area (Å²) < 4.78 is 49.5. The van der Waals surface area contributed by atoms with E-state index in [2.05, 4.69) is 4.72 Å². The molecule has 0 heterocycles. The fourth-order valence-corrected chi connectivity index (χ4v) is 4.33. The van der Waals surface area contributed by atoms with Gasteiger partial charge in [0.2, 0.25) is 5.75 Å². The number of hydrogen-bond donors (Lipinski definition) is 2. The standard InChI is InChI=1S/C25H27NO7S/c1-16-6-10-19(11-7-16)34(28,29)26-20-12-17(13-21(30-2)24(20)27)8-9-18-14-22(31-3)25(33-5)23(15-18)32-4/h6-15,26-27H,1-5H3. The van der Waals surface area contributed by atoms with E-state index in [4.69, 9.17) is 18.9 Å². The number of anilines is 1. The molecule has 8 nitrogen and oxygen atoms in total. The summed E-state index contributed by atoms with van der Waals surface area (Å²) in [5.74, 6) is 1.27. The highest BCUT2D eigenvalue weighted by molar-refractivity contribution is 7.92. The Kier molecular flexibility index (Phi) is 7.57. The molecule has 0 atom stereocenters. The van der Waals surface area contributed by atoms with Gasteiger partial charge in [-0.05, 0) is 54.4 Å². The van der Waals surface area contributed by atoms with Crippen LogP contribution in [-0.4, -0.2) is 42.0 Å². The predicted molar refractivity (Wildman–Crippen MR) is 132 cm³/mol. The van der Waals surface area contributed by atoms with Crippen LogP contribution in [0.4, 0.5) is 5.69 Å². The molecule has 0 radical (unpaired) electrons. The molecule has 0 amide bonds. The molecule has 0 spiro atoms. The van der Waals surface area contributed by atoms with Gasteiger partial charge in [-0.15, -0.1) is 0 Å². The molecule has 0 aliphatic carbocycles. The first-order valence-electron chi connectivity index (χ1n) is 10.2. The Balaban J connectivity index is 1.99. The van der Waals surface area contributed by atoms with E-state index in [1.54, 1.807) is 42.5 Å². The minimum Gasteiger partial charge on any atom is -0.503 e. The van der Waals surface area contributed by atoms with Crippen molar-refractivity contribution in [3.63, 3.8) is 0 Å². The number of methoxy groups -OCH3 is 4. The third kappa shape index (κ3) is 5.37. The van der Waals surface area contributed by atoms with Crippen molar-refractivity contribution in [1.29, 1.82) is 0 Å². The Morgan fingerprint density at radius 1 is 0.765 bits per heavy atom. The molecule has 0 saturated heterocycles. The predicted octanol–water partition coefficient (Wildman–Crippen LogP) is 4.71. The number of ether oxygens (including phenoxy) is 4. The van der Waals surface area contributed by atoms with E-state index in [0.29, 0.717) is 22.8 Å². The molecule has 3 aromatic rings. The van der Waals surface area contributed by atoms with Crippen LogP contribution in [0.15, 0.2) is 53.4 Å². The van der Waals surface area contributed by atoms with E-state index in [1.807, 2.05) is 6.92 Å². The van der Waals surface area contributed by atoms with Gasteiger partial charge in [0.05, 0.1) is 39.0 Å². The van der Waals surface area contributed by atoms with Gasteiger partial charge in [0.25, 0.3) is 10.0 Å². The highest BCUT2D eigenvalue weighted by Crippen LogP contribution is 2.40. The first-order valence-corrected chi connectivity index (χ1v) is 11.7. The summed E-state index contributed by atoms with van der Waals surface area (Å²) in [5.41, 5.74) is 2.26. The lowest BCUT2D eigenvalue weighted by Crippen LogP contribution is -2.13. The number of nitrogens with one attached hydrogen (secondary N) is 1. The maximum absolute atomic E-state index is 12.8. The number of aryl methyl sites for hydroxylation is 1. The van der Waals surface area contributed by atoms with Crippen LogP contribution in [0.25, 0.3) is 12.2 Å². The lowest BCUT2D eigenvalue weighted by atomic mass is 10.1. The van der Waals surface area contributed by atoms with Crippen molar-refractivity contribution in [1.82, 2.24) is 0 Å². The van der Waals surface area contributed by atoms with Gasteiger partial charge in [0.15, 0.2) is 23.0 Å². The SMILES string of the molecule is COc1cc(C=Cc2cc(OC)c(OC)c(OC)c2)cc(NS(=O)(=O)c2ccc(C)cc2)c1O. The molecule has 3 aromatic carbocycles. The van der Waals surface area contributed by atoms with Gasteiger partial charge in [0.1, 0.15) is 0 Å². The summed E-state index contributed by atoms with van der Waals surface area (Å²) in [5, 5.41) is 10.5. The Bertz CT molecular complexity index is 1270. The fraction of sp³-hybridized carbons (Fsp3) is 0.200. The largest absolute Gasteiger partial charge is 0.503 e. The molecular formula is C25H27NO7S. The molecule has 0 aromatic heterocycles. The van der Waals surface area contributed by atoms with Crippen LogP contribution in [0, 0.1) is 6.92 Å². The maximum Gasteiger partial charge on any atom is 0.262 e. The van der Waals surface area contributed by atoms with E-state index in [9.17, 15) is 13.5 Å². The zero-order valence-corrected chi connectivity index (χ0v) is 20.4. The van der Waals surface area contributed by atoms with Gasteiger partial charge in [-0.2, -0.15) is 0 Å². The van der Waals surface area contributed by atoms with Crippen molar-refractivity contribution in [3.05, 3.63) is 65.2 Å². The van der Waals surface area contributed by atoms with Crippen LogP contribution in [0.5, 0.6) is 28.7 Å². The number of benzene rings is 3. The lowest BCUT2D eigenvalue weighted by molar-refractivity contribution is 0.324. The Hall–Kier alpha value is -3.85. The quantitative estimate of drug-likeness (QED) is 0.334. The van der Waals surface area contributed by atoms with Crippen molar-refractivity contribution in [2.75, 3.05) is 33.2 Å². The minimum absolute atomic E-state index is 0.00975. The molecule has 0 unspecified atom stereocenters. The molecule has 2 N–H and O–H groups in total. The van der Waals surface area contributed by atoms with Crippen LogP contribution >= 0.6 is 0 Å². The lowest BCUT2D eigenvalue weighted by Gasteiger charge is -2.14. The van der Waals surface area contributed by atoms with Crippen molar-refractivity contribution in [2.45, 2.75) is 11.8 Å². The zero-order chi connectivity index (χ0) is 24.9. The molecule has 0 aliphatic heterocycles. The van der Waals surface area contributed by atoms with Gasteiger partial charge < -0.3 is 24.1 Å². The molecular weight excluding hydrogens is 458 g/mol. The first-order chi connectivity index (χ1) is 16.2. The molecule has 0 aliphatic rings. The van der Waals surface area contributed by atoms with Crippen LogP contribution < -0.4 is 23.7 Å². The average Bonchev–Trinajstić information content (AvgIpc) is 2.83. The second-order valence-corrected chi connectivity index (χ2v) is 9.01. The normalized spacial score (nSPS) is 11.3. The Labute approximate surface area is 199 Å². The molecule has 180 valence electrons. The molecule has 0 fully saturated rings. The fourth-order valence-electron chi connectivity index (χ4n) is 3.27. The number of aromatic hydroxyl groups is 1. The van der Waals surface area contributed by atoms with Crippen LogP contribution in [0.3, 0.4) is 0 Å². The summed E-state index contributed by atoms with van der Waals surface area (Å²) in [6, 6.07) is 13.1. The van der Waals surface area contributed by atoms with Crippen LogP contribution in [0.2, 0.25) is 0 Å². The van der Waals surface area contributed by atoms with Gasteiger partial charge in [-0.3, -0.25) is 4.72 Å². The second-order valence-electron chi connectivity index (χ2n) is 7.33. The van der Waals surface area contributed by atoms with Crippen molar-refractivity contribution in [2.24, 2.45) is 0 Å². The van der Waals surface area contributed by atoms with Crippen LogP contribution in [0.1, 0.15) is 16.7 Å². The van der Waals surface area contributed by atoms with E-state index in [-0.39, 0.29) is 22.1 Å². The average molecular weight is 486 g/mol. The van der Waals surface area contributed by atoms with Crippen molar-refractivity contribution < 1.29 is 32.5 Å². The maximum atomic E-state index is 12.8. The second kappa shape index (κ2) is 10.4. The topological polar surface area (TPSA) is 103 Å². The third-order valence-corrected chi connectivity index (χ3v) is 6.43. The van der Waals surface area contributed by atoms with Gasteiger partial charge in [-0.25, -0.2) is 8.42 Å². The number of phenolic OH excluding ortho intramolecular Hbond substituents is 1. The highest BCUT2D eigenvalue weighted by Gasteiger charge is 2.19. The van der Waals surface area contributed by atoms with Gasteiger partial charge in [0, 0.05) is 0 Å². The number of hydrogen-bond acceptors (Lipinski definition) is 7. The first kappa shape index (κ1) is 24.8. The number of rotatable bonds is 9. The summed E-state index contributed by atoms with van der Waals surface area (Å²) in [6.45, 7) is 1.87. The monoisotopic (exact) mass is 485 g/mol. The highest BCUT2D eigenvalue weighted by atomic mass is 32.2. The molecule has 3 rings (SSSR count). The Morgan fingerprint density at radius 3 is 1.76 bits per heavy atom. The van der Waals surface area contributed by atoms with Crippen LogP contribution in [-0.2, 0) is 10.0 Å². The van der Waals surface area contributed by atoms with Crippen molar-refractivity contribution >= 4 is 27.9 Å². The molecule has 0 saturated carbocycles. The molecule has 9 heteroatoms. The smallest absolute Gasteiger partial charge is 0.262 e. The van der Waals surface area contributed by atoms with Gasteiger partial charge >= 0.3 is 0 Å². The van der Waals surface area contributed by atoms with E-state index in [1.165, 1.54) is 46.6 Å². The van der Waals surface area contributed by atoms with Crippen molar-refractivity contribution in [3.8, 4) is 28.7 Å². The summed E-state index contributed by atoms with van der Waals surface area (Å²) >= 11 is 0. The van der Waals surface area contributed by atoms with E-state index >= 15 is 0 Å². The zero-order valence-electron chi connectivity index (χ0n) is 19.6. The van der Waals surface area contributed by atoms with Gasteiger partial charge in [-0.1, -0.05) is 29.8 Å². The summed E-state index contributed by atoms with van der Waals surface area (Å²) in [7, 11) is 2.05. The minimum atomic E-state index is -3.92. The molecule has 0 bridgehead atoms. The summed E-state index contributed by atoms with van der Waals surface area (Å²) in [4.78, 5) is 0.0786. The number of phenols is 1. The van der Waals surface area contributed by atoms with E-state index in [0.717, 1.165) is 11.1 Å². The molecule has 34 heavy (non-hydrogen) atoms.